The highest BCUT2D eigenvalue weighted by atomic mass is 15.3. The van der Waals surface area contributed by atoms with E-state index in [1.54, 1.807) is 11.1 Å². The van der Waals surface area contributed by atoms with E-state index in [9.17, 15) is 0 Å². The van der Waals surface area contributed by atoms with Crippen LogP contribution in [0.4, 0.5) is 17.8 Å². The first-order chi connectivity index (χ1) is 8.65. The zero-order chi connectivity index (χ0) is 13.0. The van der Waals surface area contributed by atoms with Crippen LogP contribution in [0.3, 0.4) is 0 Å². The molecule has 0 bridgehead atoms. The van der Waals surface area contributed by atoms with Gasteiger partial charge in [0.1, 0.15) is 0 Å². The van der Waals surface area contributed by atoms with Crippen LogP contribution in [-0.2, 0) is 6.54 Å². The summed E-state index contributed by atoms with van der Waals surface area (Å²) in [6, 6.07) is 3.68. The Morgan fingerprint density at radius 3 is 2.78 bits per heavy atom. The van der Waals surface area contributed by atoms with Gasteiger partial charge < -0.3 is 16.0 Å². The van der Waals surface area contributed by atoms with Crippen LogP contribution < -0.4 is 16.0 Å². The Hall–Kier alpha value is -2.51. The van der Waals surface area contributed by atoms with E-state index in [4.69, 9.17) is 5.73 Å². The lowest BCUT2D eigenvalue weighted by Gasteiger charge is -2.11. The highest BCUT2D eigenvalue weighted by Crippen LogP contribution is 2.09. The number of nitrogen functional groups attached to an aromatic ring is 1. The molecule has 3 N–H and O–H groups in total. The molecule has 0 fully saturated rings. The van der Waals surface area contributed by atoms with Gasteiger partial charge in [0.25, 0.3) is 0 Å². The van der Waals surface area contributed by atoms with Gasteiger partial charge in [-0.1, -0.05) is 0 Å². The molecule has 18 heavy (non-hydrogen) atoms. The summed E-state index contributed by atoms with van der Waals surface area (Å²) in [4.78, 5) is 14.0. The maximum absolute atomic E-state index is 5.61. The van der Waals surface area contributed by atoms with Crippen LogP contribution in [0.15, 0.2) is 18.3 Å². The lowest BCUT2D eigenvalue weighted by Crippen LogP contribution is -2.16. The molecular formula is C10H14N8. The van der Waals surface area contributed by atoms with E-state index in [-0.39, 0.29) is 5.95 Å². The average Bonchev–Trinajstić information content (AvgIpc) is 2.37. The van der Waals surface area contributed by atoms with Gasteiger partial charge in [0.05, 0.1) is 12.2 Å². The Labute approximate surface area is 104 Å². The van der Waals surface area contributed by atoms with Gasteiger partial charge in [0.15, 0.2) is 0 Å². The van der Waals surface area contributed by atoms with Crippen molar-refractivity contribution in [3.05, 3.63) is 24.0 Å². The molecule has 0 atom stereocenters. The van der Waals surface area contributed by atoms with Crippen LogP contribution in [0.25, 0.3) is 0 Å². The molecule has 8 heteroatoms. The number of hydrogen-bond acceptors (Lipinski definition) is 8. The molecule has 2 aromatic heterocycles. The lowest BCUT2D eigenvalue weighted by atomic mass is 10.4. The highest BCUT2D eigenvalue weighted by molar-refractivity contribution is 5.40. The fraction of sp³-hybridized carbons (Fsp3) is 0.300. The molecule has 2 rings (SSSR count). The van der Waals surface area contributed by atoms with E-state index in [0.717, 1.165) is 5.69 Å². The van der Waals surface area contributed by atoms with Crippen molar-refractivity contribution in [3.8, 4) is 0 Å². The smallest absolute Gasteiger partial charge is 0.231 e. The minimum Gasteiger partial charge on any atom is -0.368 e. The third kappa shape index (κ3) is 3.00. The zero-order valence-electron chi connectivity index (χ0n) is 10.2. The van der Waals surface area contributed by atoms with Crippen molar-refractivity contribution in [2.75, 3.05) is 30.0 Å². The minimum atomic E-state index is 0.176. The molecule has 0 aliphatic heterocycles. The molecule has 0 amide bonds. The summed E-state index contributed by atoms with van der Waals surface area (Å²) in [5.41, 5.74) is 6.40. The van der Waals surface area contributed by atoms with Crippen molar-refractivity contribution in [1.29, 1.82) is 0 Å². The second kappa shape index (κ2) is 5.21. The van der Waals surface area contributed by atoms with E-state index >= 15 is 0 Å². The first-order valence-electron chi connectivity index (χ1n) is 5.34. The number of hydrogen-bond donors (Lipinski definition) is 2. The average molecular weight is 246 g/mol. The second-order valence-electron chi connectivity index (χ2n) is 3.78. The molecule has 0 saturated heterocycles. The van der Waals surface area contributed by atoms with Gasteiger partial charge >= 0.3 is 0 Å². The molecule has 8 nitrogen and oxygen atoms in total. The quantitative estimate of drug-likeness (QED) is 0.771. The van der Waals surface area contributed by atoms with Crippen LogP contribution in [0.1, 0.15) is 5.69 Å². The van der Waals surface area contributed by atoms with Gasteiger partial charge in [0, 0.05) is 20.3 Å². The number of nitrogens with two attached hydrogens (primary N) is 1. The molecule has 0 unspecified atom stereocenters. The van der Waals surface area contributed by atoms with E-state index < -0.39 is 0 Å². The molecule has 2 aromatic rings. The Morgan fingerprint density at radius 1 is 1.28 bits per heavy atom. The minimum absolute atomic E-state index is 0.176. The lowest BCUT2D eigenvalue weighted by molar-refractivity contribution is 0.901. The predicted molar refractivity (Wildman–Crippen MR) is 67.9 cm³/mol. The van der Waals surface area contributed by atoms with Crippen LogP contribution >= 0.6 is 0 Å². The summed E-state index contributed by atoms with van der Waals surface area (Å²) in [6.45, 7) is 0.476. The van der Waals surface area contributed by atoms with Gasteiger partial charge in [-0.05, 0) is 12.1 Å². The Kier molecular flexibility index (Phi) is 3.46. The molecule has 94 valence electrons. The first-order valence-corrected chi connectivity index (χ1v) is 5.34. The Bertz CT molecular complexity index is 513. The van der Waals surface area contributed by atoms with Crippen LogP contribution in [0.5, 0.6) is 0 Å². The molecule has 0 aromatic carbocycles. The molecular weight excluding hydrogens is 232 g/mol. The molecule has 0 aliphatic carbocycles. The van der Waals surface area contributed by atoms with Crippen molar-refractivity contribution in [2.45, 2.75) is 6.54 Å². The summed E-state index contributed by atoms with van der Waals surface area (Å²) in [5, 5.41) is 10.8. The number of nitrogens with one attached hydrogen (secondary N) is 1. The second-order valence-corrected chi connectivity index (χ2v) is 3.78. The fourth-order valence-corrected chi connectivity index (χ4v) is 1.26. The van der Waals surface area contributed by atoms with Crippen molar-refractivity contribution < 1.29 is 0 Å². The summed E-state index contributed by atoms with van der Waals surface area (Å²) < 4.78 is 0. The summed E-state index contributed by atoms with van der Waals surface area (Å²) in [5.74, 6) is 1.09. The fourth-order valence-electron chi connectivity index (χ4n) is 1.26. The van der Waals surface area contributed by atoms with Crippen molar-refractivity contribution >= 4 is 17.8 Å². The van der Waals surface area contributed by atoms with Gasteiger partial charge in [0.2, 0.25) is 17.8 Å². The number of nitrogens with zero attached hydrogens (tertiary/aromatic N) is 6. The SMILES string of the molecule is CN(C)c1nc(N)nc(NCc2cccnn2)n1. The van der Waals surface area contributed by atoms with E-state index in [1.807, 2.05) is 26.2 Å². The number of aromatic nitrogens is 5. The highest BCUT2D eigenvalue weighted by Gasteiger charge is 2.05. The normalized spacial score (nSPS) is 10.1. The van der Waals surface area contributed by atoms with Crippen molar-refractivity contribution in [2.24, 2.45) is 0 Å². The van der Waals surface area contributed by atoms with E-state index in [1.165, 1.54) is 0 Å². The third-order valence-corrected chi connectivity index (χ3v) is 2.10. The molecule has 2 heterocycles. The maximum Gasteiger partial charge on any atom is 0.231 e. The van der Waals surface area contributed by atoms with E-state index in [2.05, 4.69) is 30.5 Å². The molecule has 0 radical (unpaired) electrons. The predicted octanol–water partition coefficient (Wildman–Crippen LogP) is -0.0781. The van der Waals surface area contributed by atoms with Crippen LogP contribution in [-0.4, -0.2) is 39.2 Å². The summed E-state index contributed by atoms with van der Waals surface area (Å²) in [7, 11) is 3.67. The van der Waals surface area contributed by atoms with Gasteiger partial charge in [-0.2, -0.15) is 25.1 Å². The standard InChI is InChI=1S/C10H14N8/c1-18(2)10-15-8(11)14-9(16-10)12-6-7-4-3-5-13-17-7/h3-5H,6H2,1-2H3,(H3,11,12,14,15,16). The van der Waals surface area contributed by atoms with Crippen molar-refractivity contribution in [3.63, 3.8) is 0 Å². The Morgan fingerprint density at radius 2 is 2.11 bits per heavy atom. The maximum atomic E-state index is 5.61. The number of rotatable bonds is 4. The largest absolute Gasteiger partial charge is 0.368 e. The first kappa shape index (κ1) is 12.0. The molecule has 0 aliphatic rings. The zero-order valence-corrected chi connectivity index (χ0v) is 10.2. The topological polar surface area (TPSA) is 106 Å². The van der Waals surface area contributed by atoms with Gasteiger partial charge in [-0.25, -0.2) is 0 Å². The van der Waals surface area contributed by atoms with Crippen LogP contribution in [0, 0.1) is 0 Å². The monoisotopic (exact) mass is 246 g/mol. The van der Waals surface area contributed by atoms with E-state index in [0.29, 0.717) is 18.4 Å². The molecule has 0 spiro atoms. The van der Waals surface area contributed by atoms with Crippen molar-refractivity contribution in [1.82, 2.24) is 25.1 Å². The van der Waals surface area contributed by atoms with Gasteiger partial charge in [-0.15, -0.1) is 0 Å². The molecule has 0 saturated carbocycles. The summed E-state index contributed by atoms with van der Waals surface area (Å²) in [6.07, 6.45) is 1.62. The third-order valence-electron chi connectivity index (χ3n) is 2.10. The number of anilines is 3. The summed E-state index contributed by atoms with van der Waals surface area (Å²) >= 11 is 0. The van der Waals surface area contributed by atoms with Crippen LogP contribution in [0.2, 0.25) is 0 Å². The Balaban J connectivity index is 2.10. The van der Waals surface area contributed by atoms with Gasteiger partial charge in [-0.3, -0.25) is 0 Å².